The number of hydrogen-bond acceptors (Lipinski definition) is 2. The highest BCUT2D eigenvalue weighted by atomic mass is 15.2. The topological polar surface area (TPSA) is 29.3 Å². The second-order valence-corrected chi connectivity index (χ2v) is 3.28. The van der Waals surface area contributed by atoms with Crippen molar-refractivity contribution in [3.8, 4) is 0 Å². The van der Waals surface area contributed by atoms with Gasteiger partial charge in [0.1, 0.15) is 0 Å². The van der Waals surface area contributed by atoms with E-state index in [2.05, 4.69) is 25.2 Å². The Morgan fingerprint density at radius 3 is 2.70 bits per heavy atom. The number of nitrogens with zero attached hydrogens (tertiary/aromatic N) is 1. The molecule has 1 unspecified atom stereocenters. The Bertz CT molecular complexity index is 101. The predicted octanol–water partition coefficient (Wildman–Crippen LogP) is 0.632. The van der Waals surface area contributed by atoms with Gasteiger partial charge in [-0.2, -0.15) is 0 Å². The molecule has 1 heterocycles. The summed E-state index contributed by atoms with van der Waals surface area (Å²) in [6.07, 6.45) is 3.36. The second kappa shape index (κ2) is 3.35. The third-order valence-electron chi connectivity index (χ3n) is 2.06. The molecule has 0 aliphatic carbocycles. The van der Waals surface area contributed by atoms with E-state index in [-0.39, 0.29) is 0 Å². The van der Waals surface area contributed by atoms with Gasteiger partial charge in [0.2, 0.25) is 0 Å². The lowest BCUT2D eigenvalue weighted by molar-refractivity contribution is 0.192. The average Bonchev–Trinajstić information content (AvgIpc) is 1.88. The predicted molar refractivity (Wildman–Crippen MR) is 43.6 cm³/mol. The maximum Gasteiger partial charge on any atom is 0.0200 e. The molecule has 1 aliphatic rings. The van der Waals surface area contributed by atoms with E-state index in [1.54, 1.807) is 0 Å². The molecule has 0 spiro atoms. The van der Waals surface area contributed by atoms with Crippen molar-refractivity contribution >= 4 is 0 Å². The SMILES string of the molecule is CC(C)N1CC[CH]C(N)C1. The molecule has 0 aromatic rings. The van der Waals surface area contributed by atoms with Crippen molar-refractivity contribution in [2.24, 2.45) is 5.73 Å². The molecule has 0 aromatic carbocycles. The summed E-state index contributed by atoms with van der Waals surface area (Å²) in [5, 5.41) is 0. The molecule has 0 amide bonds. The molecule has 1 atom stereocenters. The van der Waals surface area contributed by atoms with E-state index in [1.807, 2.05) is 0 Å². The van der Waals surface area contributed by atoms with Crippen LogP contribution >= 0.6 is 0 Å². The Morgan fingerprint density at radius 2 is 2.30 bits per heavy atom. The zero-order valence-electron chi connectivity index (χ0n) is 6.88. The summed E-state index contributed by atoms with van der Waals surface area (Å²) in [6, 6.07) is 0.955. The average molecular weight is 141 g/mol. The molecule has 0 saturated carbocycles. The molecule has 1 rings (SSSR count). The molecule has 59 valence electrons. The lowest BCUT2D eigenvalue weighted by Crippen LogP contribution is -2.46. The highest BCUT2D eigenvalue weighted by Crippen LogP contribution is 2.09. The van der Waals surface area contributed by atoms with Crippen molar-refractivity contribution in [1.82, 2.24) is 4.90 Å². The van der Waals surface area contributed by atoms with Crippen LogP contribution in [0.2, 0.25) is 0 Å². The standard InChI is InChI=1S/C8H17N2/c1-7(2)10-5-3-4-8(9)6-10/h4,7-8H,3,5-6,9H2,1-2H3. The fourth-order valence-corrected chi connectivity index (χ4v) is 1.36. The van der Waals surface area contributed by atoms with Crippen LogP contribution in [-0.2, 0) is 0 Å². The number of piperidine rings is 1. The van der Waals surface area contributed by atoms with Crippen LogP contribution in [0.25, 0.3) is 0 Å². The number of nitrogens with two attached hydrogens (primary N) is 1. The monoisotopic (exact) mass is 141 g/mol. The van der Waals surface area contributed by atoms with Crippen molar-refractivity contribution in [1.29, 1.82) is 0 Å². The molecule has 0 bridgehead atoms. The quantitative estimate of drug-likeness (QED) is 0.580. The van der Waals surface area contributed by atoms with Crippen LogP contribution in [-0.4, -0.2) is 30.1 Å². The van der Waals surface area contributed by atoms with Crippen LogP contribution in [0.15, 0.2) is 0 Å². The molecule has 0 aromatic heterocycles. The van der Waals surface area contributed by atoms with Gasteiger partial charge in [-0.3, -0.25) is 4.90 Å². The summed E-state index contributed by atoms with van der Waals surface area (Å²) in [4.78, 5) is 2.42. The number of rotatable bonds is 1. The van der Waals surface area contributed by atoms with Crippen molar-refractivity contribution in [3.05, 3.63) is 6.42 Å². The second-order valence-electron chi connectivity index (χ2n) is 3.28. The Morgan fingerprint density at radius 1 is 1.60 bits per heavy atom. The van der Waals surface area contributed by atoms with Gasteiger partial charge in [0.15, 0.2) is 0 Å². The Labute approximate surface area is 63.4 Å². The van der Waals surface area contributed by atoms with Crippen molar-refractivity contribution < 1.29 is 0 Å². The van der Waals surface area contributed by atoms with Crippen LogP contribution in [0.4, 0.5) is 0 Å². The molecule has 2 heteroatoms. The third kappa shape index (κ3) is 1.96. The molecule has 1 fully saturated rings. The fourth-order valence-electron chi connectivity index (χ4n) is 1.36. The van der Waals surface area contributed by atoms with E-state index in [1.165, 1.54) is 6.54 Å². The van der Waals surface area contributed by atoms with Gasteiger partial charge < -0.3 is 5.73 Å². The molecule has 1 radical (unpaired) electrons. The van der Waals surface area contributed by atoms with Gasteiger partial charge in [-0.25, -0.2) is 0 Å². The first-order valence-corrected chi connectivity index (χ1v) is 4.03. The molecule has 1 saturated heterocycles. The lowest BCUT2D eigenvalue weighted by atomic mass is 10.1. The van der Waals surface area contributed by atoms with Gasteiger partial charge in [-0.1, -0.05) is 0 Å². The van der Waals surface area contributed by atoms with E-state index >= 15 is 0 Å². The normalized spacial score (nSPS) is 29.4. The van der Waals surface area contributed by atoms with Crippen molar-refractivity contribution in [2.45, 2.75) is 32.4 Å². The van der Waals surface area contributed by atoms with Crippen molar-refractivity contribution in [2.75, 3.05) is 13.1 Å². The largest absolute Gasteiger partial charge is 0.326 e. The molecule has 1 aliphatic heterocycles. The first kappa shape index (κ1) is 8.02. The number of likely N-dealkylation sites (tertiary alicyclic amines) is 1. The highest BCUT2D eigenvalue weighted by molar-refractivity contribution is 4.89. The van der Waals surface area contributed by atoms with Gasteiger partial charge in [0, 0.05) is 18.6 Å². The highest BCUT2D eigenvalue weighted by Gasteiger charge is 2.18. The van der Waals surface area contributed by atoms with Crippen LogP contribution in [0.1, 0.15) is 20.3 Å². The van der Waals surface area contributed by atoms with Gasteiger partial charge in [-0.15, -0.1) is 0 Å². The van der Waals surface area contributed by atoms with Crippen LogP contribution in [0.3, 0.4) is 0 Å². The number of hydrogen-bond donors (Lipinski definition) is 1. The molecular weight excluding hydrogens is 124 g/mol. The molecule has 10 heavy (non-hydrogen) atoms. The zero-order chi connectivity index (χ0) is 7.56. The molecular formula is C8H17N2. The minimum absolute atomic E-state index is 0.302. The minimum Gasteiger partial charge on any atom is -0.326 e. The van der Waals surface area contributed by atoms with Gasteiger partial charge in [0.05, 0.1) is 0 Å². The lowest BCUT2D eigenvalue weighted by Gasteiger charge is -2.33. The van der Waals surface area contributed by atoms with Crippen molar-refractivity contribution in [3.63, 3.8) is 0 Å². The maximum absolute atomic E-state index is 5.77. The van der Waals surface area contributed by atoms with E-state index in [4.69, 9.17) is 5.73 Å². The Balaban J connectivity index is 2.32. The summed E-state index contributed by atoms with van der Waals surface area (Å²) in [7, 11) is 0. The molecule has 2 nitrogen and oxygen atoms in total. The summed E-state index contributed by atoms with van der Waals surface area (Å²) in [6.45, 7) is 6.67. The first-order valence-electron chi connectivity index (χ1n) is 4.03. The smallest absolute Gasteiger partial charge is 0.0200 e. The van der Waals surface area contributed by atoms with E-state index in [0.29, 0.717) is 12.1 Å². The third-order valence-corrected chi connectivity index (χ3v) is 2.06. The Kier molecular flexibility index (Phi) is 2.69. The Hall–Kier alpha value is -0.0800. The van der Waals surface area contributed by atoms with Gasteiger partial charge in [-0.05, 0) is 33.2 Å². The fraction of sp³-hybridized carbons (Fsp3) is 0.875. The van der Waals surface area contributed by atoms with Crippen LogP contribution in [0.5, 0.6) is 0 Å². The molecule has 2 N–H and O–H groups in total. The van der Waals surface area contributed by atoms with Gasteiger partial charge in [0.25, 0.3) is 0 Å². The summed E-state index contributed by atoms with van der Waals surface area (Å²) in [5.74, 6) is 0. The van der Waals surface area contributed by atoms with E-state index in [0.717, 1.165) is 13.0 Å². The first-order chi connectivity index (χ1) is 4.70. The van der Waals surface area contributed by atoms with E-state index < -0.39 is 0 Å². The summed E-state index contributed by atoms with van der Waals surface area (Å²) in [5.41, 5.74) is 5.77. The summed E-state index contributed by atoms with van der Waals surface area (Å²) >= 11 is 0. The zero-order valence-corrected chi connectivity index (χ0v) is 6.88. The van der Waals surface area contributed by atoms with E-state index in [9.17, 15) is 0 Å². The maximum atomic E-state index is 5.77. The van der Waals surface area contributed by atoms with Gasteiger partial charge >= 0.3 is 0 Å². The van der Waals surface area contributed by atoms with Crippen LogP contribution < -0.4 is 5.73 Å². The minimum atomic E-state index is 0.302. The summed E-state index contributed by atoms with van der Waals surface area (Å²) < 4.78 is 0. The van der Waals surface area contributed by atoms with Crippen LogP contribution in [0, 0.1) is 6.42 Å².